The molecule has 0 aliphatic heterocycles. The van der Waals surface area contributed by atoms with Gasteiger partial charge in [0.1, 0.15) is 5.82 Å². The van der Waals surface area contributed by atoms with Gasteiger partial charge in [0, 0.05) is 33.4 Å². The third-order valence-electron chi connectivity index (χ3n) is 2.32. The molecule has 3 nitrogen and oxygen atoms in total. The van der Waals surface area contributed by atoms with Crippen LogP contribution in [0.3, 0.4) is 0 Å². The molecular weight excluding hydrogens is 322 g/mol. The van der Waals surface area contributed by atoms with Gasteiger partial charge in [-0.2, -0.15) is 0 Å². The normalized spacial score (nSPS) is 10.5. The lowest BCUT2D eigenvalue weighted by Crippen LogP contribution is -2.21. The topological polar surface area (TPSA) is 38.5 Å². The van der Waals surface area contributed by atoms with E-state index in [1.165, 1.54) is 6.07 Å². The van der Waals surface area contributed by atoms with Gasteiger partial charge >= 0.3 is 0 Å². The van der Waals surface area contributed by atoms with Crippen LogP contribution in [-0.2, 0) is 4.74 Å². The van der Waals surface area contributed by atoms with Gasteiger partial charge in [-0.1, -0.05) is 0 Å². The van der Waals surface area contributed by atoms with Crippen molar-refractivity contribution in [2.45, 2.75) is 6.42 Å². The molecule has 1 aromatic carbocycles. The van der Waals surface area contributed by atoms with Crippen LogP contribution in [0.2, 0.25) is 0 Å². The molecule has 0 aliphatic rings. The van der Waals surface area contributed by atoms with E-state index in [4.69, 9.17) is 10.5 Å². The maximum absolute atomic E-state index is 13.4. The molecule has 0 spiro atoms. The van der Waals surface area contributed by atoms with Crippen LogP contribution in [0, 0.1) is 9.39 Å². The van der Waals surface area contributed by atoms with Gasteiger partial charge in [0.25, 0.3) is 0 Å². The summed E-state index contributed by atoms with van der Waals surface area (Å²) in [5.74, 6) is -0.233. The number of hydrogen-bond acceptors (Lipinski definition) is 3. The van der Waals surface area contributed by atoms with Gasteiger partial charge < -0.3 is 15.4 Å². The van der Waals surface area contributed by atoms with E-state index < -0.39 is 0 Å². The second-order valence-corrected chi connectivity index (χ2v) is 4.76. The summed E-state index contributed by atoms with van der Waals surface area (Å²) in [4.78, 5) is 1.94. The minimum atomic E-state index is -0.233. The number of nitrogen functional groups attached to an aromatic ring is 1. The van der Waals surface area contributed by atoms with Crippen molar-refractivity contribution in [2.75, 3.05) is 37.9 Å². The SMILES string of the molecule is COCCCN(C)c1cc(F)c(I)cc1N. The van der Waals surface area contributed by atoms with Crippen LogP contribution < -0.4 is 10.6 Å². The maximum Gasteiger partial charge on any atom is 0.138 e. The predicted molar refractivity (Wildman–Crippen MR) is 73.3 cm³/mol. The standard InChI is InChI=1S/C11H16FIN2O/c1-15(4-3-5-16-2)11-6-8(12)9(13)7-10(11)14/h6-7H,3-5,14H2,1-2H3. The number of nitrogens with zero attached hydrogens (tertiary/aromatic N) is 1. The summed E-state index contributed by atoms with van der Waals surface area (Å²) in [6.07, 6.45) is 0.889. The molecule has 5 heteroatoms. The number of anilines is 2. The number of rotatable bonds is 5. The predicted octanol–water partition coefficient (Wildman–Crippen LogP) is 2.49. The molecule has 0 bridgehead atoms. The lowest BCUT2D eigenvalue weighted by atomic mass is 10.2. The van der Waals surface area contributed by atoms with Crippen LogP contribution in [0.15, 0.2) is 12.1 Å². The van der Waals surface area contributed by atoms with E-state index in [9.17, 15) is 4.39 Å². The first-order valence-electron chi connectivity index (χ1n) is 5.01. The molecule has 0 saturated carbocycles. The fourth-order valence-corrected chi connectivity index (χ4v) is 1.94. The fourth-order valence-electron chi connectivity index (χ4n) is 1.45. The highest BCUT2D eigenvalue weighted by Gasteiger charge is 2.09. The molecule has 0 aromatic heterocycles. The van der Waals surface area contributed by atoms with Crippen molar-refractivity contribution in [1.29, 1.82) is 0 Å². The van der Waals surface area contributed by atoms with Crippen LogP contribution in [0.1, 0.15) is 6.42 Å². The molecule has 0 radical (unpaired) electrons. The van der Waals surface area contributed by atoms with Gasteiger partial charge in [-0.25, -0.2) is 4.39 Å². The number of halogens is 2. The third-order valence-corrected chi connectivity index (χ3v) is 3.15. The van der Waals surface area contributed by atoms with Crippen molar-refractivity contribution in [3.05, 3.63) is 21.5 Å². The Morgan fingerprint density at radius 1 is 1.50 bits per heavy atom. The Morgan fingerprint density at radius 3 is 2.81 bits per heavy atom. The molecule has 90 valence electrons. The van der Waals surface area contributed by atoms with E-state index in [2.05, 4.69) is 0 Å². The van der Waals surface area contributed by atoms with Crippen molar-refractivity contribution in [2.24, 2.45) is 0 Å². The molecule has 0 aliphatic carbocycles. The molecule has 0 saturated heterocycles. The average Bonchev–Trinajstić information content (AvgIpc) is 2.23. The molecule has 16 heavy (non-hydrogen) atoms. The Morgan fingerprint density at radius 2 is 2.19 bits per heavy atom. The molecule has 1 rings (SSSR count). The first kappa shape index (κ1) is 13.5. The number of benzene rings is 1. The Hall–Kier alpha value is -0.560. The van der Waals surface area contributed by atoms with Crippen LogP contribution in [0.5, 0.6) is 0 Å². The fraction of sp³-hybridized carbons (Fsp3) is 0.455. The van der Waals surface area contributed by atoms with E-state index in [1.807, 2.05) is 34.5 Å². The first-order chi connectivity index (χ1) is 7.56. The van der Waals surface area contributed by atoms with E-state index in [1.54, 1.807) is 13.2 Å². The second kappa shape index (κ2) is 6.24. The second-order valence-electron chi connectivity index (χ2n) is 3.59. The molecule has 0 atom stereocenters. The summed E-state index contributed by atoms with van der Waals surface area (Å²) in [6.45, 7) is 1.48. The van der Waals surface area contributed by atoms with Crippen molar-refractivity contribution in [3.8, 4) is 0 Å². The van der Waals surface area contributed by atoms with Gasteiger partial charge in [0.2, 0.25) is 0 Å². The number of nitrogens with two attached hydrogens (primary N) is 1. The van der Waals surface area contributed by atoms with Crippen molar-refractivity contribution >= 4 is 34.0 Å². The minimum absolute atomic E-state index is 0.233. The van der Waals surface area contributed by atoms with Crippen LogP contribution >= 0.6 is 22.6 Å². The summed E-state index contributed by atoms with van der Waals surface area (Å²) in [5.41, 5.74) is 7.18. The van der Waals surface area contributed by atoms with E-state index >= 15 is 0 Å². The number of ether oxygens (including phenoxy) is 1. The summed E-state index contributed by atoms with van der Waals surface area (Å²) in [7, 11) is 3.56. The summed E-state index contributed by atoms with van der Waals surface area (Å²) < 4.78 is 18.9. The zero-order chi connectivity index (χ0) is 12.1. The lowest BCUT2D eigenvalue weighted by molar-refractivity contribution is 0.196. The van der Waals surface area contributed by atoms with E-state index in [-0.39, 0.29) is 5.82 Å². The van der Waals surface area contributed by atoms with Crippen molar-refractivity contribution in [1.82, 2.24) is 0 Å². The maximum atomic E-state index is 13.4. The number of methoxy groups -OCH3 is 1. The first-order valence-corrected chi connectivity index (χ1v) is 6.08. The van der Waals surface area contributed by atoms with Gasteiger partial charge in [-0.3, -0.25) is 0 Å². The third kappa shape index (κ3) is 3.48. The molecule has 0 amide bonds. The lowest BCUT2D eigenvalue weighted by Gasteiger charge is -2.21. The minimum Gasteiger partial charge on any atom is -0.397 e. The van der Waals surface area contributed by atoms with Gasteiger partial charge in [-0.15, -0.1) is 0 Å². The van der Waals surface area contributed by atoms with Crippen LogP contribution in [0.25, 0.3) is 0 Å². The zero-order valence-electron chi connectivity index (χ0n) is 9.46. The monoisotopic (exact) mass is 338 g/mol. The van der Waals surface area contributed by atoms with Gasteiger partial charge in [-0.05, 0) is 35.1 Å². The van der Waals surface area contributed by atoms with Crippen molar-refractivity contribution < 1.29 is 9.13 Å². The molecule has 0 fully saturated rings. The average molecular weight is 338 g/mol. The van der Waals surface area contributed by atoms with E-state index in [0.717, 1.165) is 18.7 Å². The summed E-state index contributed by atoms with van der Waals surface area (Å²) in [6, 6.07) is 3.13. The van der Waals surface area contributed by atoms with Crippen molar-refractivity contribution in [3.63, 3.8) is 0 Å². The zero-order valence-corrected chi connectivity index (χ0v) is 11.6. The molecule has 0 unspecified atom stereocenters. The van der Waals surface area contributed by atoms with E-state index in [0.29, 0.717) is 15.9 Å². The van der Waals surface area contributed by atoms with Gasteiger partial charge in [0.05, 0.1) is 14.9 Å². The largest absolute Gasteiger partial charge is 0.397 e. The number of hydrogen-bond donors (Lipinski definition) is 1. The molecule has 0 heterocycles. The Bertz CT molecular complexity index is 360. The summed E-state index contributed by atoms with van der Waals surface area (Å²) >= 11 is 1.93. The van der Waals surface area contributed by atoms with Crippen LogP contribution in [0.4, 0.5) is 15.8 Å². The highest BCUT2D eigenvalue weighted by molar-refractivity contribution is 14.1. The molecular formula is C11H16FIN2O. The Balaban J connectivity index is 2.75. The Labute approximate surface area is 109 Å². The highest BCUT2D eigenvalue weighted by atomic mass is 127. The quantitative estimate of drug-likeness (QED) is 0.509. The van der Waals surface area contributed by atoms with Gasteiger partial charge in [0.15, 0.2) is 0 Å². The smallest absolute Gasteiger partial charge is 0.138 e. The summed E-state index contributed by atoms with van der Waals surface area (Å²) in [5, 5.41) is 0. The highest BCUT2D eigenvalue weighted by Crippen LogP contribution is 2.26. The Kier molecular flexibility index (Phi) is 5.27. The molecule has 1 aromatic rings. The molecule has 2 N–H and O–H groups in total. The van der Waals surface area contributed by atoms with Crippen LogP contribution in [-0.4, -0.2) is 27.3 Å².